The van der Waals surface area contributed by atoms with E-state index in [1.54, 1.807) is 0 Å². The summed E-state index contributed by atoms with van der Waals surface area (Å²) in [6, 6.07) is 49.0. The summed E-state index contributed by atoms with van der Waals surface area (Å²) >= 11 is 0. The van der Waals surface area contributed by atoms with Gasteiger partial charge in [0.05, 0.1) is 5.69 Å². The monoisotopic (exact) mass is 691 g/mol. The van der Waals surface area contributed by atoms with Crippen molar-refractivity contribution in [2.24, 2.45) is 0 Å². The number of para-hydroxylation sites is 1. The van der Waals surface area contributed by atoms with Crippen LogP contribution in [0, 0.1) is 0 Å². The van der Waals surface area contributed by atoms with Gasteiger partial charge in [-0.05, 0) is 116 Å². The van der Waals surface area contributed by atoms with Gasteiger partial charge >= 0.3 is 0 Å². The Hall–Kier alpha value is -4.88. The molecule has 0 aliphatic heterocycles. The van der Waals surface area contributed by atoms with Gasteiger partial charge in [0.1, 0.15) is 0 Å². The van der Waals surface area contributed by atoms with Crippen LogP contribution in [0.3, 0.4) is 0 Å². The zero-order chi connectivity index (χ0) is 36.7. The quantitative estimate of drug-likeness (QED) is 0.174. The van der Waals surface area contributed by atoms with Crippen molar-refractivity contribution in [1.82, 2.24) is 0 Å². The summed E-state index contributed by atoms with van der Waals surface area (Å²) in [7, 11) is 0. The topological polar surface area (TPSA) is 3.24 Å². The summed E-state index contributed by atoms with van der Waals surface area (Å²) in [6.07, 6.45) is 6.65. The molecule has 0 N–H and O–H groups in total. The summed E-state index contributed by atoms with van der Waals surface area (Å²) in [5.74, 6) is 0.658. The van der Waals surface area contributed by atoms with E-state index in [0.717, 1.165) is 0 Å². The SMILES string of the molecule is CC(C)(C)c1cccc2c1-c1ccc(N(c3ccc4c(c3)C(C)(C)c3ccccc3-4)c3ccccc3-c3cccc(C4CCCCC4)c3)cc1C2(C)C. The van der Waals surface area contributed by atoms with E-state index < -0.39 is 0 Å². The Morgan fingerprint density at radius 1 is 0.509 bits per heavy atom. The number of hydrogen-bond donors (Lipinski definition) is 0. The molecule has 1 heteroatoms. The number of anilines is 3. The number of rotatable bonds is 5. The van der Waals surface area contributed by atoms with Crippen molar-refractivity contribution in [3.8, 4) is 33.4 Å². The highest BCUT2D eigenvalue weighted by molar-refractivity contribution is 5.93. The van der Waals surface area contributed by atoms with Crippen LogP contribution in [0.5, 0.6) is 0 Å². The maximum atomic E-state index is 2.55. The Kier molecular flexibility index (Phi) is 7.90. The van der Waals surface area contributed by atoms with Crippen LogP contribution in [0.1, 0.15) is 120 Å². The molecule has 3 aliphatic rings. The Morgan fingerprint density at radius 2 is 1.09 bits per heavy atom. The molecule has 6 aromatic carbocycles. The molecule has 1 fully saturated rings. The first-order valence-electron chi connectivity index (χ1n) is 20.0. The van der Waals surface area contributed by atoms with Crippen molar-refractivity contribution < 1.29 is 0 Å². The third-order valence-corrected chi connectivity index (χ3v) is 13.0. The molecule has 0 unspecified atom stereocenters. The van der Waals surface area contributed by atoms with Gasteiger partial charge in [-0.1, -0.05) is 165 Å². The van der Waals surface area contributed by atoms with Crippen molar-refractivity contribution in [3.63, 3.8) is 0 Å². The van der Waals surface area contributed by atoms with Crippen molar-refractivity contribution >= 4 is 17.1 Å². The van der Waals surface area contributed by atoms with Gasteiger partial charge in [-0.15, -0.1) is 0 Å². The van der Waals surface area contributed by atoms with Crippen LogP contribution in [0.15, 0.2) is 127 Å². The first-order chi connectivity index (χ1) is 25.4. The number of benzene rings is 6. The van der Waals surface area contributed by atoms with E-state index in [1.165, 1.54) is 116 Å². The van der Waals surface area contributed by atoms with E-state index >= 15 is 0 Å². The maximum Gasteiger partial charge on any atom is 0.0540 e. The second kappa shape index (κ2) is 12.3. The molecule has 3 aliphatic carbocycles. The minimum atomic E-state index is -0.122. The third kappa shape index (κ3) is 5.41. The molecule has 53 heavy (non-hydrogen) atoms. The van der Waals surface area contributed by atoms with Crippen LogP contribution >= 0.6 is 0 Å². The Balaban J connectivity index is 1.25. The lowest BCUT2D eigenvalue weighted by Crippen LogP contribution is -2.18. The van der Waals surface area contributed by atoms with Gasteiger partial charge in [-0.2, -0.15) is 0 Å². The van der Waals surface area contributed by atoms with E-state index in [1.807, 2.05) is 0 Å². The first kappa shape index (κ1) is 33.9. The van der Waals surface area contributed by atoms with Crippen LogP contribution in [-0.4, -0.2) is 0 Å². The van der Waals surface area contributed by atoms with Gasteiger partial charge in [0.2, 0.25) is 0 Å². The van der Waals surface area contributed by atoms with Gasteiger partial charge in [-0.25, -0.2) is 0 Å². The van der Waals surface area contributed by atoms with Gasteiger partial charge < -0.3 is 4.90 Å². The molecule has 0 saturated heterocycles. The zero-order valence-corrected chi connectivity index (χ0v) is 32.7. The number of nitrogens with zero attached hydrogens (tertiary/aromatic N) is 1. The van der Waals surface area contributed by atoms with Gasteiger partial charge in [0.15, 0.2) is 0 Å². The third-order valence-electron chi connectivity index (χ3n) is 13.0. The van der Waals surface area contributed by atoms with E-state index in [0.29, 0.717) is 5.92 Å². The molecule has 0 radical (unpaired) electrons. The zero-order valence-electron chi connectivity index (χ0n) is 32.7. The molecular formula is C52H53N. The maximum absolute atomic E-state index is 2.55. The highest BCUT2D eigenvalue weighted by Gasteiger charge is 2.40. The van der Waals surface area contributed by atoms with Gasteiger partial charge in [0.25, 0.3) is 0 Å². The molecule has 0 atom stereocenters. The standard InChI is InChI=1S/C52H53N/c1-50(2,3)44-24-16-25-45-49(44)42-30-28-38(33-47(42)52(45,6)7)53(37-27-29-41-40-22-11-13-23-43(40)51(4,5)46(41)32-37)48-26-14-12-21-39(48)36-20-15-19-35(31-36)34-17-9-8-10-18-34/h11-16,19-34H,8-10,17-18H2,1-7H3. The van der Waals surface area contributed by atoms with Crippen LogP contribution in [0.25, 0.3) is 33.4 Å². The molecule has 9 rings (SSSR count). The second-order valence-electron chi connectivity index (χ2n) is 18.0. The van der Waals surface area contributed by atoms with E-state index in [4.69, 9.17) is 0 Å². The molecule has 0 bridgehead atoms. The fourth-order valence-corrected chi connectivity index (χ4v) is 10.1. The van der Waals surface area contributed by atoms with E-state index in [2.05, 4.69) is 181 Å². The van der Waals surface area contributed by atoms with Crippen molar-refractivity contribution in [2.45, 2.75) is 103 Å². The molecule has 266 valence electrons. The lowest BCUT2D eigenvalue weighted by molar-refractivity contribution is 0.444. The minimum absolute atomic E-state index is 0.0492. The molecule has 0 amide bonds. The highest BCUT2D eigenvalue weighted by atomic mass is 15.1. The summed E-state index contributed by atoms with van der Waals surface area (Å²) in [5.41, 5.74) is 20.1. The van der Waals surface area contributed by atoms with Crippen molar-refractivity contribution in [1.29, 1.82) is 0 Å². The largest absolute Gasteiger partial charge is 0.310 e. The first-order valence-corrected chi connectivity index (χ1v) is 20.0. The second-order valence-corrected chi connectivity index (χ2v) is 18.0. The van der Waals surface area contributed by atoms with Crippen LogP contribution in [-0.2, 0) is 16.2 Å². The molecule has 0 spiro atoms. The van der Waals surface area contributed by atoms with Crippen LogP contribution in [0.2, 0.25) is 0 Å². The van der Waals surface area contributed by atoms with E-state index in [-0.39, 0.29) is 16.2 Å². The predicted octanol–water partition coefficient (Wildman–Crippen LogP) is 14.8. The average molecular weight is 692 g/mol. The lowest BCUT2D eigenvalue weighted by Gasteiger charge is -2.31. The summed E-state index contributed by atoms with van der Waals surface area (Å²) in [6.45, 7) is 16.6. The van der Waals surface area contributed by atoms with Crippen molar-refractivity contribution in [2.75, 3.05) is 4.90 Å². The van der Waals surface area contributed by atoms with E-state index in [9.17, 15) is 0 Å². The van der Waals surface area contributed by atoms with Crippen molar-refractivity contribution in [3.05, 3.63) is 161 Å². The minimum Gasteiger partial charge on any atom is -0.310 e. The summed E-state index contributed by atoms with van der Waals surface area (Å²) in [5, 5.41) is 0. The Morgan fingerprint density at radius 3 is 1.83 bits per heavy atom. The Labute approximate surface area is 317 Å². The summed E-state index contributed by atoms with van der Waals surface area (Å²) < 4.78 is 0. The number of hydrogen-bond acceptors (Lipinski definition) is 1. The normalized spacial score (nSPS) is 16.8. The molecule has 1 nitrogen and oxygen atoms in total. The molecule has 6 aromatic rings. The van der Waals surface area contributed by atoms with Gasteiger partial charge in [-0.3, -0.25) is 0 Å². The van der Waals surface area contributed by atoms with Crippen LogP contribution in [0.4, 0.5) is 17.1 Å². The number of fused-ring (bicyclic) bond motifs is 6. The Bertz CT molecular complexity index is 2370. The van der Waals surface area contributed by atoms with Crippen LogP contribution < -0.4 is 4.90 Å². The molecule has 0 aromatic heterocycles. The average Bonchev–Trinajstić information content (AvgIpc) is 3.54. The highest BCUT2D eigenvalue weighted by Crippen LogP contribution is 2.55. The fraction of sp³-hybridized carbons (Fsp3) is 0.308. The molecular weight excluding hydrogens is 639 g/mol. The summed E-state index contributed by atoms with van der Waals surface area (Å²) in [4.78, 5) is 2.55. The van der Waals surface area contributed by atoms with Gasteiger partial charge in [0, 0.05) is 27.8 Å². The smallest absolute Gasteiger partial charge is 0.0540 e. The fourth-order valence-electron chi connectivity index (χ4n) is 10.1. The molecule has 1 saturated carbocycles. The lowest BCUT2D eigenvalue weighted by atomic mass is 9.79. The predicted molar refractivity (Wildman–Crippen MR) is 226 cm³/mol. The molecule has 0 heterocycles.